The van der Waals surface area contributed by atoms with Gasteiger partial charge in [0.05, 0.1) is 24.2 Å². The summed E-state index contributed by atoms with van der Waals surface area (Å²) in [6.07, 6.45) is 1.13. The molecule has 2 heterocycles. The van der Waals surface area contributed by atoms with Crippen molar-refractivity contribution in [3.63, 3.8) is 0 Å². The fourth-order valence-electron chi connectivity index (χ4n) is 4.08. The van der Waals surface area contributed by atoms with E-state index in [-0.39, 0.29) is 18.0 Å². The Kier molecular flexibility index (Phi) is 6.84. The number of hydrogen-bond acceptors (Lipinski definition) is 4. The van der Waals surface area contributed by atoms with Gasteiger partial charge in [-0.25, -0.2) is 4.79 Å². The van der Waals surface area contributed by atoms with Gasteiger partial charge in [0.1, 0.15) is 0 Å². The van der Waals surface area contributed by atoms with Crippen LogP contribution in [-0.2, 0) is 29.2 Å². The van der Waals surface area contributed by atoms with Crippen molar-refractivity contribution in [2.45, 2.75) is 39.4 Å². The first-order valence-electron chi connectivity index (χ1n) is 11.0. The summed E-state index contributed by atoms with van der Waals surface area (Å²) in [5, 5.41) is 2.95. The van der Waals surface area contributed by atoms with Crippen LogP contribution in [-0.4, -0.2) is 46.2 Å². The second-order valence-electron chi connectivity index (χ2n) is 7.96. The first-order chi connectivity index (χ1) is 15.2. The van der Waals surface area contributed by atoms with E-state index in [1.807, 2.05) is 48.5 Å². The Labute approximate surface area is 182 Å². The topological polar surface area (TPSA) is 68.5 Å². The lowest BCUT2D eigenvalue weighted by atomic mass is 10.2. The number of imidazole rings is 1. The lowest BCUT2D eigenvalue weighted by molar-refractivity contribution is -0.116. The molecular weight excluding hydrogens is 392 g/mol. The Morgan fingerprint density at radius 3 is 2.26 bits per heavy atom. The number of benzene rings is 2. The van der Waals surface area contributed by atoms with Crippen molar-refractivity contribution >= 4 is 22.6 Å². The summed E-state index contributed by atoms with van der Waals surface area (Å²) in [6, 6.07) is 15.7. The van der Waals surface area contributed by atoms with E-state index in [2.05, 4.69) is 17.1 Å². The van der Waals surface area contributed by atoms with Crippen LogP contribution in [0.15, 0.2) is 53.3 Å². The molecule has 7 heteroatoms. The highest BCUT2D eigenvalue weighted by molar-refractivity contribution is 5.90. The second kappa shape index (κ2) is 9.94. The third-order valence-corrected chi connectivity index (χ3v) is 5.68. The quantitative estimate of drug-likeness (QED) is 0.606. The molecule has 2 aromatic carbocycles. The number of aryl methyl sites for hydroxylation is 2. The molecule has 0 spiro atoms. The number of nitrogens with one attached hydrogen (secondary N) is 1. The molecule has 1 saturated heterocycles. The summed E-state index contributed by atoms with van der Waals surface area (Å²) in [5.41, 5.74) is 3.74. The number of para-hydroxylation sites is 2. The molecule has 1 aliphatic heterocycles. The van der Waals surface area contributed by atoms with Crippen LogP contribution in [0.5, 0.6) is 0 Å². The third kappa shape index (κ3) is 5.06. The number of carbonyl (C=O) groups excluding carboxylic acids is 1. The molecule has 164 valence electrons. The van der Waals surface area contributed by atoms with Crippen LogP contribution in [0.2, 0.25) is 0 Å². The van der Waals surface area contributed by atoms with Crippen LogP contribution in [0, 0.1) is 0 Å². The van der Waals surface area contributed by atoms with Gasteiger partial charge < -0.3 is 10.1 Å². The highest BCUT2D eigenvalue weighted by atomic mass is 16.5. The lowest BCUT2D eigenvalue weighted by Gasteiger charge is -2.26. The third-order valence-electron chi connectivity index (χ3n) is 5.68. The maximum Gasteiger partial charge on any atom is 0.329 e. The summed E-state index contributed by atoms with van der Waals surface area (Å²) < 4.78 is 8.88. The minimum atomic E-state index is -0.0971. The standard InChI is InChI=1S/C24H30N4O3/c1-2-12-27-21-5-3-4-6-22(21)28(24(27)30)13-11-23(29)25-20-9-7-19(8-10-20)18-26-14-16-31-17-15-26/h3-10H,2,11-18H2,1H3,(H,25,29). The van der Waals surface area contributed by atoms with Gasteiger partial charge in [0.25, 0.3) is 0 Å². The van der Waals surface area contributed by atoms with Gasteiger partial charge in [0.15, 0.2) is 0 Å². The molecule has 31 heavy (non-hydrogen) atoms. The minimum absolute atomic E-state index is 0.0525. The molecule has 7 nitrogen and oxygen atoms in total. The van der Waals surface area contributed by atoms with Crippen LogP contribution >= 0.6 is 0 Å². The van der Waals surface area contributed by atoms with Crippen molar-refractivity contribution in [3.8, 4) is 0 Å². The van der Waals surface area contributed by atoms with E-state index >= 15 is 0 Å². The number of carbonyl (C=O) groups is 1. The largest absolute Gasteiger partial charge is 0.379 e. The average molecular weight is 423 g/mol. The van der Waals surface area contributed by atoms with E-state index in [1.54, 1.807) is 9.13 Å². The molecule has 3 aromatic rings. The van der Waals surface area contributed by atoms with E-state index < -0.39 is 0 Å². The van der Waals surface area contributed by atoms with E-state index in [0.717, 1.165) is 56.0 Å². The van der Waals surface area contributed by atoms with Crippen LogP contribution in [0.25, 0.3) is 11.0 Å². The van der Waals surface area contributed by atoms with Gasteiger partial charge >= 0.3 is 5.69 Å². The molecule has 1 fully saturated rings. The monoisotopic (exact) mass is 422 g/mol. The molecule has 0 aliphatic carbocycles. The number of nitrogens with zero attached hydrogens (tertiary/aromatic N) is 3. The number of hydrogen-bond donors (Lipinski definition) is 1. The molecule has 1 N–H and O–H groups in total. The van der Waals surface area contributed by atoms with Crippen molar-refractivity contribution in [2.24, 2.45) is 0 Å². The summed E-state index contributed by atoms with van der Waals surface area (Å²) in [6.45, 7) is 7.45. The number of amides is 1. The molecule has 0 atom stereocenters. The van der Waals surface area contributed by atoms with E-state index in [4.69, 9.17) is 4.74 Å². The smallest absolute Gasteiger partial charge is 0.329 e. The van der Waals surface area contributed by atoms with Gasteiger partial charge in [-0.1, -0.05) is 31.2 Å². The minimum Gasteiger partial charge on any atom is -0.379 e. The average Bonchev–Trinajstić information content (AvgIpc) is 3.06. The van der Waals surface area contributed by atoms with Crippen LogP contribution < -0.4 is 11.0 Å². The Balaban J connectivity index is 1.36. The Morgan fingerprint density at radius 2 is 1.61 bits per heavy atom. The highest BCUT2D eigenvalue weighted by Crippen LogP contribution is 2.15. The molecule has 0 bridgehead atoms. The SMILES string of the molecule is CCCn1c(=O)n(CCC(=O)Nc2ccc(CN3CCOCC3)cc2)c2ccccc21. The van der Waals surface area contributed by atoms with Gasteiger partial charge in [-0.05, 0) is 36.2 Å². The predicted octanol–water partition coefficient (Wildman–Crippen LogP) is 3.07. The van der Waals surface area contributed by atoms with Crippen molar-refractivity contribution < 1.29 is 9.53 Å². The maximum atomic E-state index is 12.8. The zero-order valence-corrected chi connectivity index (χ0v) is 18.0. The summed E-state index contributed by atoms with van der Waals surface area (Å²) in [4.78, 5) is 27.7. The lowest BCUT2D eigenvalue weighted by Crippen LogP contribution is -2.35. The maximum absolute atomic E-state index is 12.8. The molecule has 0 radical (unpaired) electrons. The predicted molar refractivity (Wildman–Crippen MR) is 122 cm³/mol. The van der Waals surface area contributed by atoms with Gasteiger partial charge in [-0.2, -0.15) is 0 Å². The molecule has 1 amide bonds. The molecule has 0 unspecified atom stereocenters. The second-order valence-corrected chi connectivity index (χ2v) is 7.96. The van der Waals surface area contributed by atoms with Crippen LogP contribution in [0.4, 0.5) is 5.69 Å². The van der Waals surface area contributed by atoms with Gasteiger partial charge in [-0.15, -0.1) is 0 Å². The van der Waals surface area contributed by atoms with E-state index in [1.165, 1.54) is 5.56 Å². The molecule has 0 saturated carbocycles. The summed E-state index contributed by atoms with van der Waals surface area (Å²) in [5.74, 6) is -0.0971. The fraction of sp³-hybridized carbons (Fsp3) is 0.417. The molecular formula is C24H30N4O3. The van der Waals surface area contributed by atoms with Crippen LogP contribution in [0.1, 0.15) is 25.3 Å². The first kappa shape index (κ1) is 21.3. The molecule has 4 rings (SSSR count). The van der Waals surface area contributed by atoms with Crippen molar-refractivity contribution in [3.05, 3.63) is 64.6 Å². The Hall–Kier alpha value is -2.90. The Morgan fingerprint density at radius 1 is 0.968 bits per heavy atom. The Bertz CT molecular complexity index is 1080. The number of aromatic nitrogens is 2. The van der Waals surface area contributed by atoms with E-state index in [9.17, 15) is 9.59 Å². The summed E-state index contributed by atoms with van der Waals surface area (Å²) >= 11 is 0. The van der Waals surface area contributed by atoms with Crippen LogP contribution in [0.3, 0.4) is 0 Å². The van der Waals surface area contributed by atoms with Gasteiger partial charge in [-0.3, -0.25) is 18.8 Å². The number of rotatable bonds is 8. The van der Waals surface area contributed by atoms with Gasteiger partial charge in [0.2, 0.25) is 5.91 Å². The normalized spacial score (nSPS) is 14.7. The number of morpholine rings is 1. The first-order valence-corrected chi connectivity index (χ1v) is 11.0. The molecule has 1 aromatic heterocycles. The zero-order chi connectivity index (χ0) is 21.6. The number of anilines is 1. The zero-order valence-electron chi connectivity index (χ0n) is 18.0. The van der Waals surface area contributed by atoms with Gasteiger partial charge in [0, 0.05) is 44.8 Å². The number of fused-ring (bicyclic) bond motifs is 1. The van der Waals surface area contributed by atoms with Crippen molar-refractivity contribution in [1.82, 2.24) is 14.0 Å². The number of ether oxygens (including phenoxy) is 1. The fourth-order valence-corrected chi connectivity index (χ4v) is 4.08. The molecule has 1 aliphatic rings. The summed E-state index contributed by atoms with van der Waals surface area (Å²) in [7, 11) is 0. The van der Waals surface area contributed by atoms with E-state index in [0.29, 0.717) is 13.1 Å². The van der Waals surface area contributed by atoms with Crippen molar-refractivity contribution in [2.75, 3.05) is 31.6 Å². The highest BCUT2D eigenvalue weighted by Gasteiger charge is 2.14. The van der Waals surface area contributed by atoms with Crippen molar-refractivity contribution in [1.29, 1.82) is 0 Å².